The molecule has 4 heterocycles. The maximum absolute atomic E-state index is 9.47. The second-order valence-corrected chi connectivity index (χ2v) is 9.93. The molecule has 0 amide bonds. The number of aliphatic hydroxyl groups is 1. The highest BCUT2D eigenvalue weighted by molar-refractivity contribution is 7.12. The van der Waals surface area contributed by atoms with Gasteiger partial charge in [-0.3, -0.25) is 9.58 Å². The van der Waals surface area contributed by atoms with Crippen molar-refractivity contribution in [3.8, 4) is 0 Å². The third kappa shape index (κ3) is 5.42. The molecule has 0 spiro atoms. The van der Waals surface area contributed by atoms with E-state index < -0.39 is 0 Å². The third-order valence-electron chi connectivity index (χ3n) is 6.34. The van der Waals surface area contributed by atoms with Crippen LogP contribution in [0.5, 0.6) is 0 Å². The molecule has 3 aromatic heterocycles. The van der Waals surface area contributed by atoms with Crippen molar-refractivity contribution in [2.75, 3.05) is 13.2 Å². The summed E-state index contributed by atoms with van der Waals surface area (Å²) >= 11 is 1.89. The largest absolute Gasteiger partial charge is 0.396 e. The van der Waals surface area contributed by atoms with Crippen molar-refractivity contribution in [3.05, 3.63) is 51.5 Å². The summed E-state index contributed by atoms with van der Waals surface area (Å²) in [6.45, 7) is 7.51. The summed E-state index contributed by atoms with van der Waals surface area (Å²) in [5.41, 5.74) is 3.61. The monoisotopic (exact) mass is 442 g/mol. The van der Waals surface area contributed by atoms with Gasteiger partial charge < -0.3 is 9.67 Å². The van der Waals surface area contributed by atoms with Crippen molar-refractivity contribution in [3.63, 3.8) is 0 Å². The lowest BCUT2D eigenvalue weighted by molar-refractivity contribution is 0.137. The highest BCUT2D eigenvalue weighted by Crippen LogP contribution is 2.38. The number of hydrogen-bond acceptors (Lipinski definition) is 6. The second-order valence-electron chi connectivity index (χ2n) is 8.71. The zero-order valence-corrected chi connectivity index (χ0v) is 19.7. The van der Waals surface area contributed by atoms with Crippen LogP contribution in [0.4, 0.5) is 0 Å². The molecule has 3 aromatic rings. The van der Waals surface area contributed by atoms with Crippen molar-refractivity contribution in [1.29, 1.82) is 0 Å². The fourth-order valence-electron chi connectivity index (χ4n) is 4.61. The summed E-state index contributed by atoms with van der Waals surface area (Å²) in [7, 11) is 1.99. The Morgan fingerprint density at radius 3 is 2.81 bits per heavy atom. The molecule has 0 radical (unpaired) electrons. The molecule has 0 aromatic carbocycles. The summed E-state index contributed by atoms with van der Waals surface area (Å²) in [5.74, 6) is 0.596. The van der Waals surface area contributed by atoms with Gasteiger partial charge >= 0.3 is 0 Å². The zero-order chi connectivity index (χ0) is 21.8. The van der Waals surface area contributed by atoms with E-state index in [1.165, 1.54) is 15.3 Å². The normalized spacial score (nSPS) is 19.9. The fourth-order valence-corrected chi connectivity index (χ4v) is 5.79. The molecule has 1 aliphatic heterocycles. The van der Waals surface area contributed by atoms with Gasteiger partial charge in [0.1, 0.15) is 0 Å². The Bertz CT molecular complexity index is 977. The van der Waals surface area contributed by atoms with Crippen LogP contribution in [0.25, 0.3) is 0 Å². The molecule has 0 saturated carbocycles. The Balaban J connectivity index is 1.32. The number of aryl methyl sites for hydroxylation is 4. The summed E-state index contributed by atoms with van der Waals surface area (Å²) in [4.78, 5) is 9.74. The van der Waals surface area contributed by atoms with Crippen LogP contribution in [0.2, 0.25) is 0 Å². The Labute approximate surface area is 188 Å². The highest BCUT2D eigenvalue weighted by atomic mass is 32.1. The van der Waals surface area contributed by atoms with Crippen LogP contribution in [0.1, 0.15) is 59.3 Å². The van der Waals surface area contributed by atoms with Gasteiger partial charge in [0, 0.05) is 67.8 Å². The molecular weight excluding hydrogens is 408 g/mol. The maximum Gasteiger partial charge on any atom is 0.0967 e. The number of rotatable bonds is 9. The molecule has 1 unspecified atom stereocenters. The topological polar surface area (TPSA) is 72.0 Å². The van der Waals surface area contributed by atoms with Crippen LogP contribution in [0, 0.1) is 0 Å². The molecule has 2 atom stereocenters. The second kappa shape index (κ2) is 10.1. The molecule has 31 heavy (non-hydrogen) atoms. The fraction of sp³-hybridized carbons (Fsp3) is 0.609. The van der Waals surface area contributed by atoms with Gasteiger partial charge in [0.05, 0.1) is 17.7 Å². The van der Waals surface area contributed by atoms with Crippen LogP contribution < -0.4 is 0 Å². The van der Waals surface area contributed by atoms with Crippen LogP contribution >= 0.6 is 11.3 Å². The van der Waals surface area contributed by atoms with Crippen molar-refractivity contribution < 1.29 is 5.11 Å². The molecule has 0 aliphatic carbocycles. The van der Waals surface area contributed by atoms with E-state index in [9.17, 15) is 5.11 Å². The quantitative estimate of drug-likeness (QED) is 0.551. The number of thiophene rings is 1. The Hall–Kier alpha value is -2.03. The highest BCUT2D eigenvalue weighted by Gasteiger charge is 2.29. The number of aliphatic hydroxyl groups excluding tert-OH is 1. The van der Waals surface area contributed by atoms with Gasteiger partial charge in [-0.2, -0.15) is 0 Å². The molecule has 4 rings (SSSR count). The van der Waals surface area contributed by atoms with Gasteiger partial charge in [0.15, 0.2) is 0 Å². The van der Waals surface area contributed by atoms with Gasteiger partial charge in [-0.25, -0.2) is 4.98 Å². The lowest BCUT2D eigenvalue weighted by Crippen LogP contribution is -2.39. The first-order valence-corrected chi connectivity index (χ1v) is 12.2. The number of imidazole rings is 1. The van der Waals surface area contributed by atoms with Crippen LogP contribution in [0.15, 0.2) is 24.8 Å². The zero-order valence-electron chi connectivity index (χ0n) is 18.9. The van der Waals surface area contributed by atoms with E-state index in [1.807, 2.05) is 40.2 Å². The summed E-state index contributed by atoms with van der Waals surface area (Å²) in [6.07, 6.45) is 11.0. The van der Waals surface area contributed by atoms with Gasteiger partial charge in [-0.1, -0.05) is 12.1 Å². The molecule has 1 aliphatic rings. The van der Waals surface area contributed by atoms with Gasteiger partial charge in [0.2, 0.25) is 0 Å². The van der Waals surface area contributed by atoms with Crippen molar-refractivity contribution in [2.24, 2.45) is 7.05 Å². The van der Waals surface area contributed by atoms with Gasteiger partial charge in [-0.15, -0.1) is 16.4 Å². The number of aromatic nitrogens is 5. The van der Waals surface area contributed by atoms with E-state index in [-0.39, 0.29) is 6.61 Å². The van der Waals surface area contributed by atoms with E-state index in [0.717, 1.165) is 63.1 Å². The lowest BCUT2D eigenvalue weighted by atomic mass is 9.85. The van der Waals surface area contributed by atoms with E-state index in [4.69, 9.17) is 0 Å². The SMILES string of the molecule is CCc1cc(C2CCN(Cc3cn(CCc4cn(C)cn4)nn3)[C@@H](C)C2)c(CCO)s1. The van der Waals surface area contributed by atoms with Gasteiger partial charge in [-0.05, 0) is 50.3 Å². The Kier molecular flexibility index (Phi) is 7.20. The average molecular weight is 443 g/mol. The summed E-state index contributed by atoms with van der Waals surface area (Å²) in [6, 6.07) is 2.90. The molecule has 7 nitrogen and oxygen atoms in total. The predicted molar refractivity (Wildman–Crippen MR) is 123 cm³/mol. The lowest BCUT2D eigenvalue weighted by Gasteiger charge is -2.37. The first kappa shape index (κ1) is 22.2. The first-order valence-electron chi connectivity index (χ1n) is 11.4. The third-order valence-corrected chi connectivity index (χ3v) is 7.70. The maximum atomic E-state index is 9.47. The van der Waals surface area contributed by atoms with Gasteiger partial charge in [0.25, 0.3) is 0 Å². The van der Waals surface area contributed by atoms with Crippen LogP contribution in [0.3, 0.4) is 0 Å². The summed E-state index contributed by atoms with van der Waals surface area (Å²) in [5, 5.41) is 18.2. The summed E-state index contributed by atoms with van der Waals surface area (Å²) < 4.78 is 3.90. The van der Waals surface area contributed by atoms with E-state index >= 15 is 0 Å². The predicted octanol–water partition coefficient (Wildman–Crippen LogP) is 3.18. The molecule has 1 fully saturated rings. The molecule has 8 heteroatoms. The molecule has 1 saturated heterocycles. The first-order chi connectivity index (χ1) is 15.1. The van der Waals surface area contributed by atoms with E-state index in [0.29, 0.717) is 12.0 Å². The average Bonchev–Trinajstić information content (AvgIpc) is 3.48. The molecular formula is C23H34N6OS. The number of likely N-dealkylation sites (tertiary alicyclic amines) is 1. The van der Waals surface area contributed by atoms with Crippen molar-refractivity contribution in [1.82, 2.24) is 29.4 Å². The van der Waals surface area contributed by atoms with Crippen molar-refractivity contribution in [2.45, 2.75) is 71.0 Å². The Morgan fingerprint density at radius 1 is 1.23 bits per heavy atom. The number of piperidine rings is 1. The molecule has 0 bridgehead atoms. The van der Waals surface area contributed by atoms with E-state index in [1.54, 1.807) is 0 Å². The van der Waals surface area contributed by atoms with Crippen LogP contribution in [-0.2, 0) is 39.4 Å². The standard InChI is InChI=1S/C23H34N6OS/c1-4-21-12-22(23(31-21)7-10-30)18-5-8-28(17(2)11-18)14-20-15-29(26-25-20)9-6-19-13-27(3)16-24-19/h12-13,15-18,30H,4-11,14H2,1-3H3/t17-,18?/m0/s1. The minimum absolute atomic E-state index is 0.237. The van der Waals surface area contributed by atoms with Crippen molar-refractivity contribution >= 4 is 11.3 Å². The molecule has 168 valence electrons. The minimum atomic E-state index is 0.237. The Morgan fingerprint density at radius 2 is 2.10 bits per heavy atom. The molecule has 1 N–H and O–H groups in total. The number of hydrogen-bond donors (Lipinski definition) is 1. The van der Waals surface area contributed by atoms with Crippen LogP contribution in [-0.4, -0.2) is 53.7 Å². The number of nitrogens with zero attached hydrogens (tertiary/aromatic N) is 6. The minimum Gasteiger partial charge on any atom is -0.396 e. The smallest absolute Gasteiger partial charge is 0.0967 e. The van der Waals surface area contributed by atoms with E-state index in [2.05, 4.69) is 46.3 Å².